The van der Waals surface area contributed by atoms with Crippen molar-refractivity contribution in [1.82, 2.24) is 4.13 Å². The van der Waals surface area contributed by atoms with Gasteiger partial charge in [-0.1, -0.05) is 47.5 Å². The predicted octanol–water partition coefficient (Wildman–Crippen LogP) is 3.91. The zero-order valence-corrected chi connectivity index (χ0v) is 23.4. The monoisotopic (exact) mass is 635 g/mol. The summed E-state index contributed by atoms with van der Waals surface area (Å²) in [7, 11) is -19.2. The molecule has 0 aromatic heterocycles. The van der Waals surface area contributed by atoms with E-state index < -0.39 is 55.0 Å². The van der Waals surface area contributed by atoms with E-state index in [9.17, 15) is 33.7 Å². The molecule has 1 N–H and O–H groups in total. The molecule has 4 aromatic carbocycles. The number of nitrogens with one attached hydrogen (secondary N) is 1. The standard InChI is InChI=1S/C22H15Cl2NO9S4/c23-15-7-11-17(12-8-15)35(26,27)25-36(28,29)21-5-1-4-20-19(21)3-2-6-22(20)38(32,33)34-37(30,31)18-13-9-16(24)10-14-18/h1-14,25H. The van der Waals surface area contributed by atoms with Crippen LogP contribution in [0, 0.1) is 0 Å². The molecule has 0 saturated carbocycles. The largest absolute Gasteiger partial charge is 0.312 e. The maximum Gasteiger partial charge on any atom is 0.312 e. The molecule has 0 heterocycles. The van der Waals surface area contributed by atoms with E-state index in [1.54, 1.807) is 4.13 Å². The highest BCUT2D eigenvalue weighted by Crippen LogP contribution is 2.31. The Morgan fingerprint density at radius 3 is 1.47 bits per heavy atom. The summed E-state index contributed by atoms with van der Waals surface area (Å²) in [6.07, 6.45) is 0. The molecule has 0 saturated heterocycles. The molecule has 4 rings (SSSR count). The van der Waals surface area contributed by atoms with Crippen LogP contribution in [0.2, 0.25) is 10.0 Å². The molecule has 0 aliphatic heterocycles. The maximum absolute atomic E-state index is 13.1. The summed E-state index contributed by atoms with van der Waals surface area (Å²) in [4.78, 5) is -2.10. The minimum absolute atomic E-state index is 0.208. The van der Waals surface area contributed by atoms with Crippen molar-refractivity contribution in [1.29, 1.82) is 0 Å². The molecule has 0 unspecified atom stereocenters. The SMILES string of the molecule is O=S(=O)(NS(=O)(=O)c1cccc2c(S(=O)(=O)OS(=O)(=O)c3ccc(Cl)cc3)cccc12)c1ccc(Cl)cc1. The Morgan fingerprint density at radius 2 is 0.947 bits per heavy atom. The van der Waals surface area contributed by atoms with E-state index in [4.69, 9.17) is 23.2 Å². The molecule has 0 radical (unpaired) electrons. The third kappa shape index (κ3) is 5.87. The quantitative estimate of drug-likeness (QED) is 0.303. The molecule has 38 heavy (non-hydrogen) atoms. The first kappa shape index (κ1) is 28.4. The number of fused-ring (bicyclic) bond motifs is 1. The highest BCUT2D eigenvalue weighted by Gasteiger charge is 2.31. The molecule has 0 bridgehead atoms. The van der Waals surface area contributed by atoms with Gasteiger partial charge in [-0.25, -0.2) is 16.8 Å². The molecule has 0 aliphatic carbocycles. The van der Waals surface area contributed by atoms with E-state index in [-0.39, 0.29) is 25.7 Å². The molecule has 10 nitrogen and oxygen atoms in total. The second kappa shape index (κ2) is 10.2. The molecular formula is C22H15Cl2NO9S4. The Balaban J connectivity index is 1.77. The van der Waals surface area contributed by atoms with E-state index in [2.05, 4.69) is 3.63 Å². The number of hydrogen-bond donors (Lipinski definition) is 1. The Labute approximate surface area is 229 Å². The summed E-state index contributed by atoms with van der Waals surface area (Å²) in [6, 6.07) is 16.1. The van der Waals surface area contributed by atoms with Gasteiger partial charge in [-0.3, -0.25) is 0 Å². The third-order valence-corrected chi connectivity index (χ3v) is 12.3. The number of halogens is 2. The van der Waals surface area contributed by atoms with E-state index in [1.807, 2.05) is 0 Å². The lowest BCUT2D eigenvalue weighted by molar-refractivity contribution is 0.462. The minimum atomic E-state index is -5.01. The van der Waals surface area contributed by atoms with E-state index >= 15 is 0 Å². The van der Waals surface area contributed by atoms with Gasteiger partial charge in [-0.05, 0) is 60.7 Å². The van der Waals surface area contributed by atoms with Crippen molar-refractivity contribution in [3.63, 3.8) is 0 Å². The maximum atomic E-state index is 13.1. The topological polar surface area (TPSA) is 158 Å². The Kier molecular flexibility index (Phi) is 7.64. The van der Waals surface area contributed by atoms with Gasteiger partial charge in [0.1, 0.15) is 4.90 Å². The van der Waals surface area contributed by atoms with Crippen molar-refractivity contribution in [2.24, 2.45) is 0 Å². The van der Waals surface area contributed by atoms with Crippen LogP contribution in [0.3, 0.4) is 0 Å². The minimum Gasteiger partial charge on any atom is -0.206 e. The Hall–Kier alpha value is -2.56. The molecular weight excluding hydrogens is 621 g/mol. The highest BCUT2D eigenvalue weighted by molar-refractivity contribution is 8.04. The lowest BCUT2D eigenvalue weighted by Gasteiger charge is -2.13. The number of benzene rings is 4. The van der Waals surface area contributed by atoms with Crippen molar-refractivity contribution < 1.29 is 37.3 Å². The fourth-order valence-corrected chi connectivity index (χ4v) is 9.43. The smallest absolute Gasteiger partial charge is 0.206 e. The van der Waals surface area contributed by atoms with E-state index in [0.29, 0.717) is 0 Å². The van der Waals surface area contributed by atoms with Crippen molar-refractivity contribution in [3.8, 4) is 0 Å². The number of sulfonamides is 2. The first-order valence-electron chi connectivity index (χ1n) is 10.2. The lowest BCUT2D eigenvalue weighted by Crippen LogP contribution is -2.30. The molecule has 16 heteroatoms. The predicted molar refractivity (Wildman–Crippen MR) is 140 cm³/mol. The molecule has 0 atom stereocenters. The summed E-state index contributed by atoms with van der Waals surface area (Å²) in [5.41, 5.74) is 0. The van der Waals surface area contributed by atoms with Crippen LogP contribution in [-0.4, -0.2) is 33.7 Å². The van der Waals surface area contributed by atoms with Gasteiger partial charge in [-0.2, -0.15) is 16.8 Å². The van der Waals surface area contributed by atoms with Crippen molar-refractivity contribution in [2.75, 3.05) is 0 Å². The van der Waals surface area contributed by atoms with Gasteiger partial charge < -0.3 is 0 Å². The zero-order valence-electron chi connectivity index (χ0n) is 18.6. The van der Waals surface area contributed by atoms with Gasteiger partial charge in [0.05, 0.1) is 14.7 Å². The Morgan fingerprint density at radius 1 is 0.500 bits per heavy atom. The van der Waals surface area contributed by atoms with Crippen LogP contribution in [0.15, 0.2) is 105 Å². The van der Waals surface area contributed by atoms with Crippen LogP contribution in [0.5, 0.6) is 0 Å². The van der Waals surface area contributed by atoms with E-state index in [1.165, 1.54) is 42.5 Å². The Bertz CT molecular complexity index is 1830. The van der Waals surface area contributed by atoms with Crippen LogP contribution in [0.25, 0.3) is 10.8 Å². The second-order valence-corrected chi connectivity index (χ2v) is 15.3. The van der Waals surface area contributed by atoms with Gasteiger partial charge >= 0.3 is 20.2 Å². The van der Waals surface area contributed by atoms with Gasteiger partial charge in [0.25, 0.3) is 20.0 Å². The number of hydrogen-bond acceptors (Lipinski definition) is 9. The van der Waals surface area contributed by atoms with Crippen molar-refractivity contribution in [3.05, 3.63) is 95.0 Å². The summed E-state index contributed by atoms with van der Waals surface area (Å²) < 4.78 is 109. The van der Waals surface area contributed by atoms with Gasteiger partial charge in [0.15, 0.2) is 0 Å². The summed E-state index contributed by atoms with van der Waals surface area (Å²) in [5.74, 6) is 0. The van der Waals surface area contributed by atoms with Gasteiger partial charge in [0.2, 0.25) is 0 Å². The molecule has 0 spiro atoms. The summed E-state index contributed by atoms with van der Waals surface area (Å²) in [6.45, 7) is 0. The highest BCUT2D eigenvalue weighted by atomic mass is 35.5. The van der Waals surface area contributed by atoms with Crippen molar-refractivity contribution >= 4 is 74.3 Å². The fourth-order valence-electron chi connectivity index (χ4n) is 3.35. The van der Waals surface area contributed by atoms with Crippen LogP contribution >= 0.6 is 23.2 Å². The summed E-state index contributed by atoms with van der Waals surface area (Å²) >= 11 is 11.5. The first-order valence-corrected chi connectivity index (χ1v) is 16.7. The van der Waals surface area contributed by atoms with E-state index in [0.717, 1.165) is 42.5 Å². The van der Waals surface area contributed by atoms with Crippen molar-refractivity contribution in [2.45, 2.75) is 19.6 Å². The zero-order chi connectivity index (χ0) is 27.9. The third-order valence-electron chi connectivity index (χ3n) is 5.03. The van der Waals surface area contributed by atoms with Crippen LogP contribution in [-0.2, 0) is 43.9 Å². The first-order chi connectivity index (χ1) is 17.6. The van der Waals surface area contributed by atoms with Crippen LogP contribution in [0.1, 0.15) is 0 Å². The van der Waals surface area contributed by atoms with Crippen LogP contribution < -0.4 is 4.13 Å². The van der Waals surface area contributed by atoms with Gasteiger partial charge in [0, 0.05) is 20.8 Å². The summed E-state index contributed by atoms with van der Waals surface area (Å²) in [5, 5.41) is 0.00150. The average molecular weight is 637 g/mol. The molecule has 200 valence electrons. The lowest BCUT2D eigenvalue weighted by atomic mass is 10.1. The second-order valence-electron chi connectivity index (χ2n) is 7.58. The molecule has 0 aliphatic rings. The molecule has 4 aromatic rings. The fraction of sp³-hybridized carbons (Fsp3) is 0. The number of rotatable bonds is 8. The van der Waals surface area contributed by atoms with Crippen LogP contribution in [0.4, 0.5) is 0 Å². The normalized spacial score (nSPS) is 13.0. The average Bonchev–Trinajstić information content (AvgIpc) is 2.82. The molecule has 0 amide bonds. The molecule has 0 fully saturated rings. The van der Waals surface area contributed by atoms with Gasteiger partial charge in [-0.15, -0.1) is 7.76 Å².